The summed E-state index contributed by atoms with van der Waals surface area (Å²) in [5, 5.41) is 0. The summed E-state index contributed by atoms with van der Waals surface area (Å²) in [5.74, 6) is -40.0. The van der Waals surface area contributed by atoms with Crippen molar-refractivity contribution in [1.29, 1.82) is 0 Å². The van der Waals surface area contributed by atoms with Gasteiger partial charge in [-0.25, -0.2) is 4.79 Å². The van der Waals surface area contributed by atoms with E-state index in [1.54, 1.807) is 0 Å². The Morgan fingerprint density at radius 2 is 0.968 bits per heavy atom. The Morgan fingerprint density at radius 3 is 1.35 bits per heavy atom. The van der Waals surface area contributed by atoms with E-state index in [4.69, 9.17) is 0 Å². The number of esters is 1. The lowest BCUT2D eigenvalue weighted by Crippen LogP contribution is -2.70. The van der Waals surface area contributed by atoms with Crippen LogP contribution in [0.3, 0.4) is 0 Å². The topological polar surface area (TPSA) is 26.3 Å². The summed E-state index contributed by atoms with van der Waals surface area (Å²) in [7, 11) is 0. The zero-order valence-corrected chi connectivity index (χ0v) is 14.4. The maximum Gasteiger partial charge on any atom is 0.490 e. The average molecular weight is 502 g/mol. The maximum absolute atomic E-state index is 13.4. The van der Waals surface area contributed by atoms with Crippen molar-refractivity contribution in [1.82, 2.24) is 0 Å². The first-order chi connectivity index (χ1) is 13.4. The smallest absolute Gasteiger partial charge is 0.459 e. The van der Waals surface area contributed by atoms with Gasteiger partial charge in [0.15, 0.2) is 0 Å². The van der Waals surface area contributed by atoms with Crippen LogP contribution in [0.4, 0.5) is 70.2 Å². The molecule has 0 aliphatic rings. The fraction of sp³-hybridized carbons (Fsp3) is 0.923. The van der Waals surface area contributed by atoms with Crippen LogP contribution in [0.1, 0.15) is 25.7 Å². The Labute approximate surface area is 161 Å². The van der Waals surface area contributed by atoms with Crippen LogP contribution in [-0.2, 0) is 9.53 Å². The first-order valence-corrected chi connectivity index (χ1v) is 7.57. The number of ether oxygens (including phenoxy) is 1. The van der Waals surface area contributed by atoms with Crippen LogP contribution in [0.15, 0.2) is 0 Å². The standard InChI is InChI=1S/C13H10F16O2/c14-7(15,4-2-1-3-5-31-6(30)8(16,17)18)9(19,20)10(21,22)11(23,24)12(25,26)13(27,28)29/h1-5H2. The van der Waals surface area contributed by atoms with Gasteiger partial charge in [-0.05, 0) is 19.3 Å². The lowest BCUT2D eigenvalue weighted by molar-refractivity contribution is -0.440. The van der Waals surface area contributed by atoms with Gasteiger partial charge in [-0.2, -0.15) is 70.2 Å². The van der Waals surface area contributed by atoms with Crippen LogP contribution in [0.25, 0.3) is 0 Å². The van der Waals surface area contributed by atoms with Crippen molar-refractivity contribution in [3.8, 4) is 0 Å². The first-order valence-electron chi connectivity index (χ1n) is 7.57. The zero-order valence-electron chi connectivity index (χ0n) is 14.4. The number of alkyl halides is 16. The van der Waals surface area contributed by atoms with Crippen molar-refractivity contribution < 1.29 is 79.8 Å². The lowest BCUT2D eigenvalue weighted by Gasteiger charge is -2.39. The number of hydrogen-bond donors (Lipinski definition) is 0. The molecule has 0 radical (unpaired) electrons. The molecule has 186 valence electrons. The van der Waals surface area contributed by atoms with E-state index in [2.05, 4.69) is 4.74 Å². The molecular weight excluding hydrogens is 492 g/mol. The molecule has 0 aliphatic heterocycles. The van der Waals surface area contributed by atoms with Gasteiger partial charge < -0.3 is 4.74 Å². The van der Waals surface area contributed by atoms with Gasteiger partial charge in [0.05, 0.1) is 6.61 Å². The minimum absolute atomic E-state index is 0.734. The Hall–Kier alpha value is -1.65. The molecule has 0 saturated heterocycles. The molecule has 0 bridgehead atoms. The minimum Gasteiger partial charge on any atom is -0.459 e. The average Bonchev–Trinajstić information content (AvgIpc) is 2.54. The number of rotatable bonds is 10. The normalized spacial score (nSPS) is 15.2. The Balaban J connectivity index is 5.24. The highest BCUT2D eigenvalue weighted by Gasteiger charge is 2.90. The van der Waals surface area contributed by atoms with Crippen LogP contribution in [0.2, 0.25) is 0 Å². The summed E-state index contributed by atoms with van der Waals surface area (Å²) in [6, 6.07) is 0. The molecule has 18 heteroatoms. The molecule has 0 rings (SSSR count). The predicted octanol–water partition coefficient (Wildman–Crippen LogP) is 6.39. The molecule has 0 aromatic rings. The summed E-state index contributed by atoms with van der Waals surface area (Å²) in [6.45, 7) is -1.10. The highest BCUT2D eigenvalue weighted by Crippen LogP contribution is 2.60. The second-order valence-electron chi connectivity index (χ2n) is 5.94. The molecule has 0 spiro atoms. The van der Waals surface area contributed by atoms with E-state index in [-0.39, 0.29) is 0 Å². The fourth-order valence-electron chi connectivity index (χ4n) is 1.83. The third-order valence-electron chi connectivity index (χ3n) is 3.60. The number of carbonyl (C=O) groups excluding carboxylic acids is 1. The van der Waals surface area contributed by atoms with E-state index in [0.29, 0.717) is 0 Å². The first kappa shape index (κ1) is 29.3. The van der Waals surface area contributed by atoms with E-state index in [9.17, 15) is 75.0 Å². The summed E-state index contributed by atoms with van der Waals surface area (Å²) in [6.07, 6.45) is -18.3. The van der Waals surface area contributed by atoms with E-state index in [1.165, 1.54) is 0 Å². The third-order valence-corrected chi connectivity index (χ3v) is 3.60. The quantitative estimate of drug-likeness (QED) is 0.197. The lowest BCUT2D eigenvalue weighted by atomic mass is 9.91. The van der Waals surface area contributed by atoms with E-state index in [1.807, 2.05) is 0 Å². The molecule has 0 heterocycles. The van der Waals surface area contributed by atoms with Crippen LogP contribution >= 0.6 is 0 Å². The van der Waals surface area contributed by atoms with Crippen molar-refractivity contribution in [2.24, 2.45) is 0 Å². The number of hydrogen-bond acceptors (Lipinski definition) is 2. The molecule has 0 aromatic heterocycles. The molecule has 0 aromatic carbocycles. The zero-order chi connectivity index (χ0) is 25.3. The van der Waals surface area contributed by atoms with Crippen LogP contribution in [-0.4, -0.2) is 54.5 Å². The predicted molar refractivity (Wildman–Crippen MR) is 66.3 cm³/mol. The van der Waals surface area contributed by atoms with Gasteiger partial charge in [-0.15, -0.1) is 0 Å². The van der Waals surface area contributed by atoms with Gasteiger partial charge in [0.2, 0.25) is 0 Å². The Morgan fingerprint density at radius 1 is 0.548 bits per heavy atom. The molecule has 0 aliphatic carbocycles. The molecule has 2 nitrogen and oxygen atoms in total. The van der Waals surface area contributed by atoms with Gasteiger partial charge in [-0.1, -0.05) is 0 Å². The summed E-state index contributed by atoms with van der Waals surface area (Å²) < 4.78 is 206. The molecule has 0 atom stereocenters. The molecule has 0 unspecified atom stereocenters. The summed E-state index contributed by atoms with van der Waals surface area (Å²) in [5.41, 5.74) is 0. The molecular formula is C13H10F16O2. The van der Waals surface area contributed by atoms with Crippen molar-refractivity contribution in [3.05, 3.63) is 0 Å². The highest BCUT2D eigenvalue weighted by molar-refractivity contribution is 5.75. The minimum atomic E-state index is -7.99. The van der Waals surface area contributed by atoms with Gasteiger partial charge in [-0.3, -0.25) is 0 Å². The molecule has 0 saturated carbocycles. The molecule has 0 amide bonds. The van der Waals surface area contributed by atoms with Gasteiger partial charge >= 0.3 is 47.9 Å². The van der Waals surface area contributed by atoms with Gasteiger partial charge in [0.25, 0.3) is 0 Å². The Bertz CT molecular complexity index is 618. The van der Waals surface area contributed by atoms with Gasteiger partial charge in [0.1, 0.15) is 0 Å². The molecule has 31 heavy (non-hydrogen) atoms. The van der Waals surface area contributed by atoms with Crippen LogP contribution in [0.5, 0.6) is 0 Å². The van der Waals surface area contributed by atoms with E-state index < -0.39 is 80.2 Å². The molecule has 0 fully saturated rings. The maximum atomic E-state index is 13.4. The van der Waals surface area contributed by atoms with Crippen LogP contribution < -0.4 is 0 Å². The number of halogens is 16. The van der Waals surface area contributed by atoms with Gasteiger partial charge in [0, 0.05) is 6.42 Å². The third kappa shape index (κ3) is 5.59. The van der Waals surface area contributed by atoms with E-state index in [0.717, 1.165) is 0 Å². The van der Waals surface area contributed by atoms with Crippen LogP contribution in [0, 0.1) is 0 Å². The van der Waals surface area contributed by atoms with Crippen molar-refractivity contribution >= 4 is 5.97 Å². The second kappa shape index (κ2) is 8.71. The highest BCUT2D eigenvalue weighted by atomic mass is 19.4. The van der Waals surface area contributed by atoms with E-state index >= 15 is 0 Å². The van der Waals surface area contributed by atoms with Crippen molar-refractivity contribution in [3.63, 3.8) is 0 Å². The van der Waals surface area contributed by atoms with Crippen molar-refractivity contribution in [2.45, 2.75) is 67.6 Å². The SMILES string of the molecule is O=C(OCCCCCC(F)(F)C(F)(F)C(F)(F)C(F)(F)C(F)(F)C(F)(F)F)C(F)(F)F. The van der Waals surface area contributed by atoms with Crippen molar-refractivity contribution in [2.75, 3.05) is 6.61 Å². The number of carbonyl (C=O) groups is 1. The Kier molecular flexibility index (Phi) is 8.24. The number of unbranched alkanes of at least 4 members (excludes halogenated alkanes) is 2. The summed E-state index contributed by atoms with van der Waals surface area (Å²) in [4.78, 5) is 10.3. The monoisotopic (exact) mass is 502 g/mol. The largest absolute Gasteiger partial charge is 0.490 e. The fourth-order valence-corrected chi connectivity index (χ4v) is 1.83. The second-order valence-corrected chi connectivity index (χ2v) is 5.94. The molecule has 0 N–H and O–H groups in total. The summed E-state index contributed by atoms with van der Waals surface area (Å²) >= 11 is 0.